The lowest BCUT2D eigenvalue weighted by Crippen LogP contribution is -2.13. The first-order chi connectivity index (χ1) is 16.6. The zero-order valence-corrected chi connectivity index (χ0v) is 22.4. The van der Waals surface area contributed by atoms with Gasteiger partial charge >= 0.3 is 10.1 Å². The lowest BCUT2D eigenvalue weighted by molar-refractivity contribution is -0.112. The molecule has 0 atom stereocenters. The van der Waals surface area contributed by atoms with Crippen LogP contribution in [0.1, 0.15) is 18.1 Å². The van der Waals surface area contributed by atoms with E-state index in [1.807, 2.05) is 19.1 Å². The van der Waals surface area contributed by atoms with Gasteiger partial charge in [0.25, 0.3) is 5.91 Å². The standard InChI is InChI=1S/C25H20ClIN2O5S/c1-3-33-23-13-17(11-18(15-28)25(30)29-20-6-4-5-19(27)14-20)12-22(26)24(23)34-35(31,32)21-9-7-16(2)8-10-21/h4-14H,3H2,1-2H3,(H,29,30)/b18-11+. The highest BCUT2D eigenvalue weighted by molar-refractivity contribution is 14.1. The SMILES string of the molecule is CCOc1cc(/C=C(\C#N)C(=O)Nc2cccc(I)c2)cc(Cl)c1OS(=O)(=O)c1ccc(C)cc1. The Morgan fingerprint density at radius 1 is 1.17 bits per heavy atom. The second kappa shape index (κ2) is 11.6. The van der Waals surface area contributed by atoms with Crippen LogP contribution in [0.5, 0.6) is 11.5 Å². The molecule has 180 valence electrons. The Morgan fingerprint density at radius 2 is 1.89 bits per heavy atom. The smallest absolute Gasteiger partial charge is 0.339 e. The fourth-order valence-electron chi connectivity index (χ4n) is 2.96. The minimum Gasteiger partial charge on any atom is -0.490 e. The van der Waals surface area contributed by atoms with E-state index in [0.29, 0.717) is 11.3 Å². The van der Waals surface area contributed by atoms with Gasteiger partial charge in [0.1, 0.15) is 16.5 Å². The van der Waals surface area contributed by atoms with Crippen LogP contribution < -0.4 is 14.2 Å². The topological polar surface area (TPSA) is 105 Å². The van der Waals surface area contributed by atoms with Crippen LogP contribution in [0.15, 0.2) is 71.1 Å². The van der Waals surface area contributed by atoms with Crippen molar-refractivity contribution in [3.63, 3.8) is 0 Å². The van der Waals surface area contributed by atoms with Crippen LogP contribution in [0, 0.1) is 21.8 Å². The van der Waals surface area contributed by atoms with Gasteiger partial charge in [0, 0.05) is 9.26 Å². The molecule has 0 aromatic heterocycles. The molecule has 10 heteroatoms. The predicted octanol–water partition coefficient (Wildman–Crippen LogP) is 5.97. The van der Waals surface area contributed by atoms with Gasteiger partial charge in [0.15, 0.2) is 5.75 Å². The number of amides is 1. The molecule has 3 rings (SSSR count). The van der Waals surface area contributed by atoms with E-state index in [-0.39, 0.29) is 33.6 Å². The second-order valence-corrected chi connectivity index (χ2v) is 10.4. The Kier molecular flexibility index (Phi) is 8.77. The van der Waals surface area contributed by atoms with E-state index in [9.17, 15) is 18.5 Å². The second-order valence-electron chi connectivity index (χ2n) is 7.25. The Balaban J connectivity index is 1.94. The first-order valence-corrected chi connectivity index (χ1v) is 13.2. The van der Waals surface area contributed by atoms with Gasteiger partial charge in [0.05, 0.1) is 11.6 Å². The van der Waals surface area contributed by atoms with Gasteiger partial charge in [-0.2, -0.15) is 13.7 Å². The molecule has 0 aliphatic rings. The number of nitriles is 1. The molecular formula is C25H20ClIN2O5S. The van der Waals surface area contributed by atoms with E-state index in [2.05, 4.69) is 27.9 Å². The normalized spacial score (nSPS) is 11.5. The lowest BCUT2D eigenvalue weighted by Gasteiger charge is -2.14. The highest BCUT2D eigenvalue weighted by atomic mass is 127. The van der Waals surface area contributed by atoms with Crippen LogP contribution in [-0.2, 0) is 14.9 Å². The molecule has 1 N–H and O–H groups in total. The van der Waals surface area contributed by atoms with Crippen molar-refractivity contribution in [3.8, 4) is 17.6 Å². The molecule has 0 radical (unpaired) electrons. The van der Waals surface area contributed by atoms with Crippen molar-refractivity contribution in [1.82, 2.24) is 0 Å². The number of carbonyl (C=O) groups excluding carboxylic acids is 1. The zero-order valence-electron chi connectivity index (χ0n) is 18.7. The Hall–Kier alpha value is -3.07. The molecule has 0 bridgehead atoms. The summed E-state index contributed by atoms with van der Waals surface area (Å²) in [5.41, 5.74) is 1.62. The molecular weight excluding hydrogens is 603 g/mol. The minimum absolute atomic E-state index is 0.0374. The van der Waals surface area contributed by atoms with Gasteiger partial charge in [-0.3, -0.25) is 4.79 Å². The van der Waals surface area contributed by atoms with E-state index in [1.165, 1.54) is 30.3 Å². The maximum absolute atomic E-state index is 12.8. The monoisotopic (exact) mass is 622 g/mol. The maximum atomic E-state index is 12.8. The highest BCUT2D eigenvalue weighted by Gasteiger charge is 2.22. The summed E-state index contributed by atoms with van der Waals surface area (Å²) in [4.78, 5) is 12.6. The molecule has 0 unspecified atom stereocenters. The third-order valence-electron chi connectivity index (χ3n) is 4.59. The summed E-state index contributed by atoms with van der Waals surface area (Å²) in [5.74, 6) is -0.740. The highest BCUT2D eigenvalue weighted by Crippen LogP contribution is 2.39. The van der Waals surface area contributed by atoms with Crippen molar-refractivity contribution in [3.05, 3.63) is 86.0 Å². The largest absolute Gasteiger partial charge is 0.490 e. The van der Waals surface area contributed by atoms with E-state index >= 15 is 0 Å². The van der Waals surface area contributed by atoms with Gasteiger partial charge < -0.3 is 14.2 Å². The number of nitrogens with one attached hydrogen (secondary N) is 1. The van der Waals surface area contributed by atoms with Gasteiger partial charge in [-0.25, -0.2) is 0 Å². The molecule has 0 spiro atoms. The lowest BCUT2D eigenvalue weighted by atomic mass is 10.1. The first kappa shape index (κ1) is 26.5. The fraction of sp³-hybridized carbons (Fsp3) is 0.120. The predicted molar refractivity (Wildman–Crippen MR) is 143 cm³/mol. The summed E-state index contributed by atoms with van der Waals surface area (Å²) in [6.07, 6.45) is 1.33. The van der Waals surface area contributed by atoms with Crippen LogP contribution in [0.4, 0.5) is 5.69 Å². The van der Waals surface area contributed by atoms with E-state index < -0.39 is 16.0 Å². The third kappa shape index (κ3) is 6.97. The van der Waals surface area contributed by atoms with Crippen molar-refractivity contribution in [2.75, 3.05) is 11.9 Å². The molecule has 0 aliphatic carbocycles. The molecule has 1 amide bonds. The van der Waals surface area contributed by atoms with Crippen molar-refractivity contribution >= 4 is 62.0 Å². The molecule has 3 aromatic rings. The Bertz CT molecular complexity index is 1430. The van der Waals surface area contributed by atoms with Crippen molar-refractivity contribution in [2.45, 2.75) is 18.7 Å². The van der Waals surface area contributed by atoms with Crippen molar-refractivity contribution < 1.29 is 22.1 Å². The molecule has 35 heavy (non-hydrogen) atoms. The van der Waals surface area contributed by atoms with Crippen LogP contribution in [-0.4, -0.2) is 20.9 Å². The summed E-state index contributed by atoms with van der Waals surface area (Å²) >= 11 is 8.47. The number of ether oxygens (including phenoxy) is 1. The van der Waals surface area contributed by atoms with Gasteiger partial charge in [0.2, 0.25) is 5.75 Å². The molecule has 0 heterocycles. The summed E-state index contributed by atoms with van der Waals surface area (Å²) in [6.45, 7) is 3.75. The number of halogens is 2. The van der Waals surface area contributed by atoms with E-state index in [0.717, 1.165) is 9.13 Å². The van der Waals surface area contributed by atoms with Gasteiger partial charge in [-0.05, 0) is 90.5 Å². The number of nitrogens with zero attached hydrogens (tertiary/aromatic N) is 1. The average Bonchev–Trinajstić information content (AvgIpc) is 2.80. The van der Waals surface area contributed by atoms with Crippen LogP contribution >= 0.6 is 34.2 Å². The summed E-state index contributed by atoms with van der Waals surface area (Å²) < 4.78 is 37.3. The molecule has 3 aromatic carbocycles. The fourth-order valence-corrected chi connectivity index (χ4v) is 4.76. The van der Waals surface area contributed by atoms with Crippen LogP contribution in [0.3, 0.4) is 0 Å². The molecule has 0 saturated heterocycles. The average molecular weight is 623 g/mol. The number of carbonyl (C=O) groups is 1. The summed E-state index contributed by atoms with van der Waals surface area (Å²) in [7, 11) is -4.18. The number of rotatable bonds is 8. The third-order valence-corrected chi connectivity index (χ3v) is 6.78. The molecule has 0 aliphatic heterocycles. The molecule has 0 fully saturated rings. The summed E-state index contributed by atoms with van der Waals surface area (Å²) in [6, 6.07) is 18.0. The van der Waals surface area contributed by atoms with E-state index in [4.69, 9.17) is 20.5 Å². The minimum atomic E-state index is -4.18. The van der Waals surface area contributed by atoms with Crippen LogP contribution in [0.2, 0.25) is 5.02 Å². The maximum Gasteiger partial charge on any atom is 0.339 e. The molecule has 0 saturated carbocycles. The van der Waals surface area contributed by atoms with E-state index in [1.54, 1.807) is 37.3 Å². The van der Waals surface area contributed by atoms with Gasteiger partial charge in [-0.1, -0.05) is 35.4 Å². The molecule has 7 nitrogen and oxygen atoms in total. The zero-order chi connectivity index (χ0) is 25.6. The van der Waals surface area contributed by atoms with Gasteiger partial charge in [-0.15, -0.1) is 0 Å². The Labute approximate surface area is 222 Å². The number of aryl methyl sites for hydroxylation is 1. The van der Waals surface area contributed by atoms with Crippen molar-refractivity contribution in [1.29, 1.82) is 5.26 Å². The summed E-state index contributed by atoms with van der Waals surface area (Å²) in [5, 5.41) is 12.1. The number of benzene rings is 3. The Morgan fingerprint density at radius 3 is 2.51 bits per heavy atom. The quantitative estimate of drug-likeness (QED) is 0.144. The van der Waals surface area contributed by atoms with Crippen molar-refractivity contribution in [2.24, 2.45) is 0 Å². The first-order valence-electron chi connectivity index (χ1n) is 10.3. The number of hydrogen-bond donors (Lipinski definition) is 1. The number of hydrogen-bond acceptors (Lipinski definition) is 6. The number of anilines is 1. The van der Waals surface area contributed by atoms with Crippen LogP contribution in [0.25, 0.3) is 6.08 Å².